The minimum atomic E-state index is 0.0462. The fraction of sp³-hybridized carbons (Fsp3) is 0.524. The van der Waals surface area contributed by atoms with Crippen molar-refractivity contribution in [2.24, 2.45) is 0 Å². The molecule has 0 bridgehead atoms. The monoisotopic (exact) mass is 858 g/mol. The first-order valence-corrected chi connectivity index (χ1v) is 26.5. The first-order chi connectivity index (χ1) is 31.0. The van der Waals surface area contributed by atoms with Crippen molar-refractivity contribution < 1.29 is 0 Å². The van der Waals surface area contributed by atoms with Crippen LogP contribution in [0.5, 0.6) is 0 Å². The van der Waals surface area contributed by atoms with Gasteiger partial charge in [-0.3, -0.25) is 0 Å². The molecule has 0 saturated carbocycles. The number of hydrogen-bond donors (Lipinski definition) is 0. The summed E-state index contributed by atoms with van der Waals surface area (Å²) in [5.41, 5.74) is 17.2. The quantitative estimate of drug-likeness (QED) is 0.0501. The molecule has 1 aliphatic rings. The van der Waals surface area contributed by atoms with Crippen molar-refractivity contribution in [3.8, 4) is 22.3 Å². The molecule has 0 amide bonds. The van der Waals surface area contributed by atoms with Crippen LogP contribution >= 0.6 is 0 Å². The molecule has 1 heteroatoms. The molecule has 0 fully saturated rings. The topological polar surface area (TPSA) is 3.24 Å². The number of fused-ring (bicyclic) bond motifs is 3. The van der Waals surface area contributed by atoms with Gasteiger partial charge in [0.25, 0.3) is 0 Å². The predicted molar refractivity (Wildman–Crippen MR) is 283 cm³/mol. The molecule has 0 aromatic heterocycles. The third kappa shape index (κ3) is 10.8. The molecule has 0 aliphatic heterocycles. The zero-order valence-electron chi connectivity index (χ0n) is 42.4. The van der Waals surface area contributed by atoms with Crippen LogP contribution in [0, 0.1) is 0 Å². The van der Waals surface area contributed by atoms with Gasteiger partial charge in [-0.1, -0.05) is 213 Å². The molecule has 0 radical (unpaired) electrons. The molecule has 64 heavy (non-hydrogen) atoms. The van der Waals surface area contributed by atoms with Crippen LogP contribution in [0.4, 0.5) is 17.1 Å². The Bertz CT molecular complexity index is 2150. The fourth-order valence-electron chi connectivity index (χ4n) is 10.9. The van der Waals surface area contributed by atoms with Crippen LogP contribution in [0.25, 0.3) is 22.3 Å². The molecule has 0 saturated heterocycles. The second-order valence-corrected chi connectivity index (χ2v) is 20.5. The summed E-state index contributed by atoms with van der Waals surface area (Å²) in [6, 6.07) is 43.5. The standard InChI is InChI=1S/C63H87N/c1-11-18-20-22-24-26-44-63(45-27-25-23-21-19-12-2)59-46-51(32-42-57(59)58-43-35-53(47-60(58)63)62(10,16-6)17-7)50-30-38-55(39-31-50)64(54-36-28-49(29-37-54)48(8)13-3)56-40-33-52(34-41-56)61(9,14-4)15-5/h28-43,46-48H,11-27,44-45H2,1-10H3. The molecule has 5 aromatic rings. The summed E-state index contributed by atoms with van der Waals surface area (Å²) in [4.78, 5) is 2.45. The van der Waals surface area contributed by atoms with Gasteiger partial charge in [0.2, 0.25) is 0 Å². The van der Waals surface area contributed by atoms with Crippen molar-refractivity contribution in [1.29, 1.82) is 0 Å². The zero-order chi connectivity index (χ0) is 45.7. The second-order valence-electron chi connectivity index (χ2n) is 20.5. The number of benzene rings is 5. The lowest BCUT2D eigenvalue weighted by Crippen LogP contribution is -2.27. The van der Waals surface area contributed by atoms with E-state index in [4.69, 9.17) is 0 Å². The highest BCUT2D eigenvalue weighted by Crippen LogP contribution is 2.56. The molecule has 0 N–H and O–H groups in total. The van der Waals surface area contributed by atoms with E-state index in [2.05, 4.69) is 183 Å². The maximum atomic E-state index is 2.70. The molecular weight excluding hydrogens is 771 g/mol. The molecule has 0 spiro atoms. The number of unbranched alkanes of at least 4 members (excludes halogenated alkanes) is 10. The molecule has 5 aromatic carbocycles. The highest BCUT2D eigenvalue weighted by atomic mass is 15.1. The van der Waals surface area contributed by atoms with Gasteiger partial charge in [-0.25, -0.2) is 0 Å². The van der Waals surface area contributed by atoms with Crippen LogP contribution in [-0.4, -0.2) is 0 Å². The van der Waals surface area contributed by atoms with Gasteiger partial charge in [-0.15, -0.1) is 0 Å². The summed E-state index contributed by atoms with van der Waals surface area (Å²) in [5.74, 6) is 0.548. The van der Waals surface area contributed by atoms with E-state index in [0.29, 0.717) is 5.92 Å². The summed E-state index contributed by atoms with van der Waals surface area (Å²) < 4.78 is 0. The number of nitrogens with zero attached hydrogens (tertiary/aromatic N) is 1. The normalized spacial score (nSPS) is 13.8. The van der Waals surface area contributed by atoms with Gasteiger partial charge < -0.3 is 4.90 Å². The Hall–Kier alpha value is -4.10. The van der Waals surface area contributed by atoms with E-state index in [1.807, 2.05) is 0 Å². The van der Waals surface area contributed by atoms with Crippen LogP contribution < -0.4 is 4.90 Å². The second kappa shape index (κ2) is 22.9. The zero-order valence-corrected chi connectivity index (χ0v) is 42.4. The molecule has 1 aliphatic carbocycles. The molecule has 6 rings (SSSR count). The molecule has 1 unspecified atom stereocenters. The van der Waals surface area contributed by atoms with Gasteiger partial charge >= 0.3 is 0 Å². The fourth-order valence-corrected chi connectivity index (χ4v) is 10.9. The first-order valence-electron chi connectivity index (χ1n) is 26.5. The largest absolute Gasteiger partial charge is 0.311 e. The number of hydrogen-bond acceptors (Lipinski definition) is 1. The molecular formula is C63H87N. The number of anilines is 3. The van der Waals surface area contributed by atoms with Crippen LogP contribution in [0.2, 0.25) is 0 Å². The van der Waals surface area contributed by atoms with E-state index in [9.17, 15) is 0 Å². The Labute approximate surface area is 392 Å². The minimum Gasteiger partial charge on any atom is -0.311 e. The van der Waals surface area contributed by atoms with Crippen LogP contribution in [0.15, 0.2) is 109 Å². The van der Waals surface area contributed by atoms with Crippen molar-refractivity contribution in [1.82, 2.24) is 0 Å². The van der Waals surface area contributed by atoms with Crippen molar-refractivity contribution in [3.63, 3.8) is 0 Å². The van der Waals surface area contributed by atoms with Gasteiger partial charge in [-0.2, -0.15) is 0 Å². The summed E-state index contributed by atoms with van der Waals surface area (Å²) >= 11 is 0. The Morgan fingerprint density at radius 3 is 1.34 bits per heavy atom. The van der Waals surface area contributed by atoms with Crippen molar-refractivity contribution in [2.75, 3.05) is 4.90 Å². The summed E-state index contributed by atoms with van der Waals surface area (Å²) in [7, 11) is 0. The van der Waals surface area contributed by atoms with Gasteiger partial charge in [0.15, 0.2) is 0 Å². The lowest BCUT2D eigenvalue weighted by molar-refractivity contribution is 0.395. The van der Waals surface area contributed by atoms with E-state index >= 15 is 0 Å². The first kappa shape index (κ1) is 49.3. The Kier molecular flexibility index (Phi) is 17.6. The SMILES string of the molecule is CCCCCCCCC1(CCCCCCCC)c2cc(-c3ccc(N(c4ccc(C(C)CC)cc4)c4ccc(C(C)(CC)CC)cc4)cc3)ccc2-c2ccc(C(C)(CC)CC)cc21. The molecule has 1 atom stereocenters. The summed E-state index contributed by atoms with van der Waals surface area (Å²) in [6.07, 6.45) is 24.3. The van der Waals surface area contributed by atoms with Crippen LogP contribution in [0.3, 0.4) is 0 Å². The summed E-state index contributed by atoms with van der Waals surface area (Å²) in [5, 5.41) is 0. The smallest absolute Gasteiger partial charge is 0.0462 e. The van der Waals surface area contributed by atoms with E-state index in [0.717, 1.165) is 19.3 Å². The van der Waals surface area contributed by atoms with Gasteiger partial charge in [0.05, 0.1) is 0 Å². The van der Waals surface area contributed by atoms with E-state index in [1.54, 1.807) is 11.1 Å². The van der Waals surface area contributed by atoms with E-state index < -0.39 is 0 Å². The summed E-state index contributed by atoms with van der Waals surface area (Å²) in [6.45, 7) is 23.6. The van der Waals surface area contributed by atoms with Gasteiger partial charge in [0, 0.05) is 22.5 Å². The Morgan fingerprint density at radius 2 is 0.844 bits per heavy atom. The molecule has 0 heterocycles. The maximum absolute atomic E-state index is 2.70. The Morgan fingerprint density at radius 1 is 0.438 bits per heavy atom. The highest BCUT2D eigenvalue weighted by Gasteiger charge is 2.43. The van der Waals surface area contributed by atoms with Gasteiger partial charge in [-0.05, 0) is 154 Å². The highest BCUT2D eigenvalue weighted by molar-refractivity contribution is 5.85. The maximum Gasteiger partial charge on any atom is 0.0462 e. The van der Waals surface area contributed by atoms with Crippen LogP contribution in [0.1, 0.15) is 225 Å². The van der Waals surface area contributed by atoms with Crippen LogP contribution in [-0.2, 0) is 16.2 Å². The average Bonchev–Trinajstić information content (AvgIpc) is 3.61. The Balaban J connectivity index is 1.41. The average molecular weight is 858 g/mol. The van der Waals surface area contributed by atoms with Crippen molar-refractivity contribution >= 4 is 17.1 Å². The number of rotatable bonds is 26. The van der Waals surface area contributed by atoms with Crippen molar-refractivity contribution in [3.05, 3.63) is 137 Å². The van der Waals surface area contributed by atoms with Crippen molar-refractivity contribution in [2.45, 2.75) is 213 Å². The molecule has 344 valence electrons. The predicted octanol–water partition coefficient (Wildman–Crippen LogP) is 20.3. The third-order valence-electron chi connectivity index (χ3n) is 16.7. The lowest BCUT2D eigenvalue weighted by atomic mass is 9.68. The lowest BCUT2D eigenvalue weighted by Gasteiger charge is -2.35. The minimum absolute atomic E-state index is 0.0462. The third-order valence-corrected chi connectivity index (χ3v) is 16.7. The molecule has 1 nitrogen and oxygen atoms in total. The van der Waals surface area contributed by atoms with Gasteiger partial charge in [0.1, 0.15) is 0 Å². The van der Waals surface area contributed by atoms with E-state index in [-0.39, 0.29) is 16.2 Å². The van der Waals surface area contributed by atoms with E-state index in [1.165, 1.54) is 159 Å².